The van der Waals surface area contributed by atoms with E-state index in [1.807, 2.05) is 31.4 Å². The van der Waals surface area contributed by atoms with Crippen molar-refractivity contribution in [3.05, 3.63) is 66.1 Å². The summed E-state index contributed by atoms with van der Waals surface area (Å²) in [5.41, 5.74) is 2.29. The van der Waals surface area contributed by atoms with Crippen LogP contribution in [0.4, 0.5) is 0 Å². The van der Waals surface area contributed by atoms with Gasteiger partial charge in [0.2, 0.25) is 0 Å². The number of hydrogen-bond donors (Lipinski definition) is 2. The number of halogens is 1. The minimum absolute atomic E-state index is 0. The topological polar surface area (TPSA) is 69.8 Å². The molecule has 1 saturated heterocycles. The summed E-state index contributed by atoms with van der Waals surface area (Å²) in [5.74, 6) is 1.89. The molecule has 0 bridgehead atoms. The fourth-order valence-electron chi connectivity index (χ4n) is 4.31. The van der Waals surface area contributed by atoms with Gasteiger partial charge < -0.3 is 10.6 Å². The second-order valence-corrected chi connectivity index (χ2v) is 8.32. The molecule has 8 heteroatoms. The maximum atomic E-state index is 4.43. The van der Waals surface area contributed by atoms with Crippen LogP contribution in [-0.4, -0.2) is 57.7 Å². The Balaban J connectivity index is 0.00000289. The number of nitrogens with one attached hydrogen (secondary N) is 2. The zero-order chi connectivity index (χ0) is 21.5. The lowest BCUT2D eigenvalue weighted by molar-refractivity contribution is 0.134. The van der Waals surface area contributed by atoms with Gasteiger partial charge in [-0.05, 0) is 43.9 Å². The highest BCUT2D eigenvalue weighted by molar-refractivity contribution is 14.0. The highest BCUT2D eigenvalue weighted by Crippen LogP contribution is 2.20. The van der Waals surface area contributed by atoms with Crippen LogP contribution < -0.4 is 10.6 Å². The monoisotopic (exact) mass is 547 g/mol. The molecule has 2 N–H and O–H groups in total. The maximum absolute atomic E-state index is 4.43. The van der Waals surface area contributed by atoms with Crippen LogP contribution in [0.2, 0.25) is 0 Å². The number of hydrogen-bond acceptors (Lipinski definition) is 4. The van der Waals surface area contributed by atoms with Crippen LogP contribution in [0.1, 0.15) is 37.6 Å². The summed E-state index contributed by atoms with van der Waals surface area (Å²) in [4.78, 5) is 7.00. The number of pyridine rings is 1. The molecular weight excluding hydrogens is 513 g/mol. The van der Waals surface area contributed by atoms with Crippen molar-refractivity contribution in [2.45, 2.75) is 51.2 Å². The van der Waals surface area contributed by atoms with Crippen LogP contribution >= 0.6 is 24.0 Å². The molecule has 2 atom stereocenters. The van der Waals surface area contributed by atoms with Crippen molar-refractivity contribution in [1.82, 2.24) is 30.1 Å². The first-order valence-corrected chi connectivity index (χ1v) is 11.3. The zero-order valence-electron chi connectivity index (χ0n) is 18.9. The van der Waals surface area contributed by atoms with E-state index in [4.69, 9.17) is 0 Å². The molecule has 0 amide bonds. The molecule has 32 heavy (non-hydrogen) atoms. The van der Waals surface area contributed by atoms with E-state index in [9.17, 15) is 0 Å². The van der Waals surface area contributed by atoms with Crippen molar-refractivity contribution in [2.24, 2.45) is 4.99 Å². The number of likely N-dealkylation sites (tertiary alicyclic amines) is 1. The van der Waals surface area contributed by atoms with Crippen molar-refractivity contribution in [3.63, 3.8) is 0 Å². The molecule has 4 rings (SSSR count). The van der Waals surface area contributed by atoms with Crippen LogP contribution in [-0.2, 0) is 13.0 Å². The Morgan fingerprint density at radius 3 is 2.72 bits per heavy atom. The van der Waals surface area contributed by atoms with Crippen molar-refractivity contribution < 1.29 is 0 Å². The van der Waals surface area contributed by atoms with Crippen LogP contribution in [0.15, 0.2) is 59.7 Å². The van der Waals surface area contributed by atoms with Gasteiger partial charge in [-0.2, -0.15) is 0 Å². The van der Waals surface area contributed by atoms with Gasteiger partial charge in [0.25, 0.3) is 0 Å². The molecule has 2 unspecified atom stereocenters. The number of benzene rings is 1. The molecule has 1 fully saturated rings. The average Bonchev–Trinajstić information content (AvgIpc) is 3.21. The van der Waals surface area contributed by atoms with Crippen LogP contribution in [0, 0.1) is 0 Å². The highest BCUT2D eigenvalue weighted by atomic mass is 127. The Morgan fingerprint density at radius 2 is 1.94 bits per heavy atom. The van der Waals surface area contributed by atoms with E-state index in [0.29, 0.717) is 12.1 Å². The van der Waals surface area contributed by atoms with Crippen LogP contribution in [0.25, 0.3) is 5.65 Å². The number of rotatable bonds is 7. The van der Waals surface area contributed by atoms with Gasteiger partial charge in [0.1, 0.15) is 5.82 Å². The summed E-state index contributed by atoms with van der Waals surface area (Å²) in [7, 11) is 1.84. The molecule has 1 aliphatic heterocycles. The van der Waals surface area contributed by atoms with E-state index >= 15 is 0 Å². The molecule has 172 valence electrons. The smallest absolute Gasteiger partial charge is 0.191 e. The number of nitrogens with zero attached hydrogens (tertiary/aromatic N) is 5. The minimum atomic E-state index is 0. The largest absolute Gasteiger partial charge is 0.356 e. The fraction of sp³-hybridized carbons (Fsp3) is 0.458. The van der Waals surface area contributed by atoms with Crippen molar-refractivity contribution in [1.29, 1.82) is 0 Å². The molecule has 2 aromatic heterocycles. The molecular formula is C24H34IN7. The van der Waals surface area contributed by atoms with Gasteiger partial charge in [-0.1, -0.05) is 36.4 Å². The van der Waals surface area contributed by atoms with Gasteiger partial charge in [0.05, 0.1) is 0 Å². The average molecular weight is 547 g/mol. The standard InChI is InChI=1S/C24H33N7.HI/c1-19-17-21(13-16-30(19)18-20-9-4-3-5-10-20)27-24(25-2)26-14-8-12-23-29-28-22-11-6-7-15-31(22)23;/h3-7,9-11,15,19,21H,8,12-14,16-18H2,1-2H3,(H2,25,26,27);1H. The van der Waals surface area contributed by atoms with Crippen molar-refractivity contribution >= 4 is 35.6 Å². The number of aliphatic imine (C=N–C) groups is 1. The molecule has 3 heterocycles. The fourth-order valence-corrected chi connectivity index (χ4v) is 4.31. The van der Waals surface area contributed by atoms with Gasteiger partial charge in [-0.15, -0.1) is 34.2 Å². The molecule has 0 spiro atoms. The number of guanidine groups is 1. The predicted octanol–water partition coefficient (Wildman–Crippen LogP) is 3.50. The highest BCUT2D eigenvalue weighted by Gasteiger charge is 2.25. The Morgan fingerprint density at radius 1 is 1.12 bits per heavy atom. The second kappa shape index (κ2) is 12.2. The van der Waals surface area contributed by atoms with Gasteiger partial charge in [0.15, 0.2) is 11.6 Å². The molecule has 0 saturated carbocycles. The summed E-state index contributed by atoms with van der Waals surface area (Å²) in [5, 5.41) is 15.6. The molecule has 3 aromatic rings. The molecule has 1 aromatic carbocycles. The van der Waals surface area contributed by atoms with Gasteiger partial charge in [-0.25, -0.2) is 0 Å². The molecule has 0 radical (unpaired) electrons. The lowest BCUT2D eigenvalue weighted by Crippen LogP contribution is -2.51. The van der Waals surface area contributed by atoms with Gasteiger partial charge in [0, 0.05) is 51.4 Å². The first-order valence-electron chi connectivity index (χ1n) is 11.3. The third-order valence-electron chi connectivity index (χ3n) is 6.06. The summed E-state index contributed by atoms with van der Waals surface area (Å²) in [6, 6.07) is 17.7. The number of aromatic nitrogens is 3. The summed E-state index contributed by atoms with van der Waals surface area (Å²) >= 11 is 0. The van der Waals surface area contributed by atoms with E-state index in [1.54, 1.807) is 0 Å². The van der Waals surface area contributed by atoms with Crippen molar-refractivity contribution in [3.8, 4) is 0 Å². The molecule has 7 nitrogen and oxygen atoms in total. The Labute approximate surface area is 207 Å². The van der Waals surface area contributed by atoms with Crippen molar-refractivity contribution in [2.75, 3.05) is 20.1 Å². The summed E-state index contributed by atoms with van der Waals surface area (Å²) < 4.78 is 2.05. The maximum Gasteiger partial charge on any atom is 0.191 e. The number of aryl methyl sites for hydroxylation is 1. The minimum Gasteiger partial charge on any atom is -0.356 e. The third kappa shape index (κ3) is 6.41. The number of fused-ring (bicyclic) bond motifs is 1. The molecule has 0 aliphatic carbocycles. The van der Waals surface area contributed by atoms with Gasteiger partial charge in [-0.3, -0.25) is 14.3 Å². The second-order valence-electron chi connectivity index (χ2n) is 8.32. The van der Waals surface area contributed by atoms with E-state index in [2.05, 4.69) is 72.4 Å². The summed E-state index contributed by atoms with van der Waals surface area (Å²) in [6.07, 6.45) is 6.12. The van der Waals surface area contributed by atoms with E-state index in [0.717, 1.165) is 62.7 Å². The zero-order valence-corrected chi connectivity index (χ0v) is 21.3. The first-order chi connectivity index (χ1) is 15.2. The quantitative estimate of drug-likeness (QED) is 0.205. The molecule has 1 aliphatic rings. The third-order valence-corrected chi connectivity index (χ3v) is 6.06. The van der Waals surface area contributed by atoms with Gasteiger partial charge >= 0.3 is 0 Å². The van der Waals surface area contributed by atoms with Crippen LogP contribution in [0.5, 0.6) is 0 Å². The van der Waals surface area contributed by atoms with Crippen LogP contribution in [0.3, 0.4) is 0 Å². The van der Waals surface area contributed by atoms with E-state index in [-0.39, 0.29) is 24.0 Å². The SMILES string of the molecule is CN=C(NCCCc1nnc2ccccn12)NC1CCN(Cc2ccccc2)C(C)C1.I. The van der Waals surface area contributed by atoms with E-state index < -0.39 is 0 Å². The predicted molar refractivity (Wildman–Crippen MR) is 141 cm³/mol. The van der Waals surface area contributed by atoms with E-state index in [1.165, 1.54) is 5.56 Å². The number of piperidine rings is 1. The Hall–Kier alpha value is -2.20. The summed E-state index contributed by atoms with van der Waals surface area (Å²) in [6.45, 7) is 5.31. The lowest BCUT2D eigenvalue weighted by Gasteiger charge is -2.38. The normalized spacial score (nSPS) is 19.5. The first kappa shape index (κ1) is 24.4. The Bertz CT molecular complexity index is 988. The lowest BCUT2D eigenvalue weighted by atomic mass is 9.97. The Kier molecular flexibility index (Phi) is 9.28.